The predicted molar refractivity (Wildman–Crippen MR) is 71.4 cm³/mol. The first kappa shape index (κ1) is 14.4. The van der Waals surface area contributed by atoms with E-state index in [0.717, 1.165) is 0 Å². The highest BCUT2D eigenvalue weighted by molar-refractivity contribution is 7.92. The number of amides is 2. The van der Waals surface area contributed by atoms with Crippen molar-refractivity contribution in [2.75, 3.05) is 7.05 Å². The number of thiocarbonyl (C=S) groups is 1. The summed E-state index contributed by atoms with van der Waals surface area (Å²) in [7, 11) is -2.68. The molecule has 0 saturated carbocycles. The maximum atomic E-state index is 12.3. The van der Waals surface area contributed by atoms with Crippen LogP contribution in [-0.2, 0) is 10.0 Å². The molecular weight excluding hydrogens is 274 g/mol. The van der Waals surface area contributed by atoms with Gasteiger partial charge in [-0.1, -0.05) is 18.2 Å². The number of nitrogens with zero attached hydrogens (tertiary/aromatic N) is 1. The van der Waals surface area contributed by atoms with Crippen molar-refractivity contribution < 1.29 is 13.2 Å². The minimum absolute atomic E-state index is 0.0126. The second-order valence-corrected chi connectivity index (χ2v) is 5.57. The van der Waals surface area contributed by atoms with Gasteiger partial charge in [0.2, 0.25) is 0 Å². The molecule has 0 heterocycles. The zero-order chi connectivity index (χ0) is 13.9. The van der Waals surface area contributed by atoms with Gasteiger partial charge in [-0.15, -0.1) is 0 Å². The van der Waals surface area contributed by atoms with Crippen LogP contribution in [0.1, 0.15) is 5.56 Å². The van der Waals surface area contributed by atoms with Crippen LogP contribution < -0.4 is 11.1 Å². The third-order valence-corrected chi connectivity index (χ3v) is 4.57. The first-order valence-electron chi connectivity index (χ1n) is 4.94. The molecule has 0 spiro atoms. The highest BCUT2D eigenvalue weighted by Gasteiger charge is 2.31. The van der Waals surface area contributed by atoms with E-state index in [1.54, 1.807) is 25.1 Å². The smallest absolute Gasteiger partial charge is 0.335 e. The molecule has 6 nitrogen and oxygen atoms in total. The Balaban J connectivity index is 3.40. The summed E-state index contributed by atoms with van der Waals surface area (Å²) in [6, 6.07) is 5.10. The standard InChI is InChI=1S/C10H13N3O3S2/c1-7-5-3-4-6-8(7)18(15,16)13(9(11)14)10(17)12-2/h3-6H,1-2H3,(H2,11,14)(H,12,17). The van der Waals surface area contributed by atoms with Crippen LogP contribution in [0.2, 0.25) is 0 Å². The number of primary amides is 1. The Morgan fingerprint density at radius 3 is 2.39 bits per heavy atom. The summed E-state index contributed by atoms with van der Waals surface area (Å²) >= 11 is 4.78. The van der Waals surface area contributed by atoms with E-state index in [1.165, 1.54) is 13.1 Å². The molecule has 0 aliphatic heterocycles. The Bertz CT molecular complexity index is 584. The number of hydrogen-bond donors (Lipinski definition) is 2. The molecule has 0 radical (unpaired) electrons. The van der Waals surface area contributed by atoms with E-state index in [2.05, 4.69) is 5.32 Å². The first-order chi connectivity index (χ1) is 8.32. The predicted octanol–water partition coefficient (Wildman–Crippen LogP) is 0.569. The van der Waals surface area contributed by atoms with E-state index in [-0.39, 0.29) is 10.0 Å². The van der Waals surface area contributed by atoms with Gasteiger partial charge in [-0.05, 0) is 30.8 Å². The maximum absolute atomic E-state index is 12.3. The van der Waals surface area contributed by atoms with Gasteiger partial charge >= 0.3 is 6.03 Å². The summed E-state index contributed by atoms with van der Waals surface area (Å²) in [5.74, 6) is 0. The van der Waals surface area contributed by atoms with Crippen molar-refractivity contribution >= 4 is 33.4 Å². The molecule has 0 aliphatic carbocycles. The molecule has 0 bridgehead atoms. The van der Waals surface area contributed by atoms with Gasteiger partial charge in [0.1, 0.15) is 0 Å². The number of carbonyl (C=O) groups is 1. The van der Waals surface area contributed by atoms with E-state index in [0.29, 0.717) is 9.87 Å². The lowest BCUT2D eigenvalue weighted by Crippen LogP contribution is -2.48. The number of aryl methyl sites for hydroxylation is 1. The highest BCUT2D eigenvalue weighted by Crippen LogP contribution is 2.19. The number of nitrogens with two attached hydrogens (primary N) is 1. The molecule has 1 aromatic rings. The summed E-state index contributed by atoms with van der Waals surface area (Å²) in [5.41, 5.74) is 5.57. The number of urea groups is 1. The van der Waals surface area contributed by atoms with E-state index < -0.39 is 16.1 Å². The second-order valence-electron chi connectivity index (χ2n) is 3.43. The number of benzene rings is 1. The van der Waals surface area contributed by atoms with E-state index in [9.17, 15) is 13.2 Å². The van der Waals surface area contributed by atoms with Crippen LogP contribution in [0.15, 0.2) is 29.2 Å². The van der Waals surface area contributed by atoms with Crippen LogP contribution in [0.5, 0.6) is 0 Å². The molecule has 3 N–H and O–H groups in total. The highest BCUT2D eigenvalue weighted by atomic mass is 32.2. The van der Waals surface area contributed by atoms with E-state index in [4.69, 9.17) is 18.0 Å². The Hall–Kier alpha value is -1.67. The Morgan fingerprint density at radius 1 is 1.39 bits per heavy atom. The van der Waals surface area contributed by atoms with Gasteiger partial charge in [-0.25, -0.2) is 13.2 Å². The molecule has 0 aliphatic rings. The molecule has 18 heavy (non-hydrogen) atoms. The van der Waals surface area contributed by atoms with Crippen molar-refractivity contribution in [1.29, 1.82) is 0 Å². The summed E-state index contributed by atoms with van der Waals surface area (Å²) in [5, 5.41) is 2.15. The molecule has 2 amide bonds. The van der Waals surface area contributed by atoms with Crippen molar-refractivity contribution in [3.63, 3.8) is 0 Å². The van der Waals surface area contributed by atoms with Crippen molar-refractivity contribution in [3.8, 4) is 0 Å². The number of hydrogen-bond acceptors (Lipinski definition) is 4. The molecule has 0 fully saturated rings. The van der Waals surface area contributed by atoms with Gasteiger partial charge in [-0.2, -0.15) is 4.31 Å². The molecule has 98 valence electrons. The Kier molecular flexibility index (Phi) is 4.25. The van der Waals surface area contributed by atoms with Crippen molar-refractivity contribution in [3.05, 3.63) is 29.8 Å². The monoisotopic (exact) mass is 287 g/mol. The summed E-state index contributed by atoms with van der Waals surface area (Å²) in [6.45, 7) is 1.62. The van der Waals surface area contributed by atoms with Crippen LogP contribution >= 0.6 is 12.2 Å². The van der Waals surface area contributed by atoms with Crippen molar-refractivity contribution in [1.82, 2.24) is 9.62 Å². The second kappa shape index (κ2) is 5.32. The number of nitrogens with one attached hydrogen (secondary N) is 1. The maximum Gasteiger partial charge on any atom is 0.335 e. The van der Waals surface area contributed by atoms with Crippen LogP contribution in [0.3, 0.4) is 0 Å². The third-order valence-electron chi connectivity index (χ3n) is 2.21. The SMILES string of the molecule is CNC(=S)N(C(N)=O)S(=O)(=O)c1ccccc1C. The average Bonchev–Trinajstić information content (AvgIpc) is 2.28. The molecule has 0 saturated heterocycles. The fraction of sp³-hybridized carbons (Fsp3) is 0.200. The summed E-state index contributed by atoms with van der Waals surface area (Å²) in [6.07, 6.45) is 0. The number of carbonyl (C=O) groups excluding carboxylic acids is 1. The first-order valence-corrected chi connectivity index (χ1v) is 6.79. The lowest BCUT2D eigenvalue weighted by molar-refractivity contribution is 0.242. The average molecular weight is 287 g/mol. The normalized spacial score (nSPS) is 10.8. The minimum Gasteiger partial charge on any atom is -0.364 e. The molecule has 0 atom stereocenters. The van der Waals surface area contributed by atoms with Crippen LogP contribution in [0, 0.1) is 6.92 Å². The van der Waals surface area contributed by atoms with Crippen molar-refractivity contribution in [2.45, 2.75) is 11.8 Å². The lowest BCUT2D eigenvalue weighted by atomic mass is 10.2. The number of sulfonamides is 1. The molecule has 0 unspecified atom stereocenters. The summed E-state index contributed by atoms with van der Waals surface area (Å²) < 4.78 is 25.0. The number of rotatable bonds is 2. The van der Waals surface area contributed by atoms with Gasteiger partial charge in [0.25, 0.3) is 10.0 Å². The van der Waals surface area contributed by atoms with Gasteiger partial charge in [-0.3, -0.25) is 0 Å². The van der Waals surface area contributed by atoms with Gasteiger partial charge < -0.3 is 11.1 Å². The van der Waals surface area contributed by atoms with Gasteiger partial charge in [0, 0.05) is 7.05 Å². The fourth-order valence-corrected chi connectivity index (χ4v) is 3.23. The third kappa shape index (κ3) is 2.59. The van der Waals surface area contributed by atoms with Crippen LogP contribution in [-0.4, -0.2) is 30.9 Å². The molecule has 0 aromatic heterocycles. The zero-order valence-electron chi connectivity index (χ0n) is 9.88. The molecular formula is C10H13N3O3S2. The zero-order valence-corrected chi connectivity index (χ0v) is 11.5. The Morgan fingerprint density at radius 2 is 1.94 bits per heavy atom. The van der Waals surface area contributed by atoms with Crippen LogP contribution in [0.25, 0.3) is 0 Å². The topological polar surface area (TPSA) is 92.5 Å². The van der Waals surface area contributed by atoms with Gasteiger partial charge in [0.05, 0.1) is 4.90 Å². The van der Waals surface area contributed by atoms with Gasteiger partial charge in [0.15, 0.2) is 5.11 Å². The summed E-state index contributed by atoms with van der Waals surface area (Å²) in [4.78, 5) is 11.3. The minimum atomic E-state index is -4.09. The van der Waals surface area contributed by atoms with Crippen LogP contribution in [0.4, 0.5) is 4.79 Å². The van der Waals surface area contributed by atoms with Crippen molar-refractivity contribution in [2.24, 2.45) is 5.73 Å². The molecule has 1 rings (SSSR count). The largest absolute Gasteiger partial charge is 0.364 e. The van der Waals surface area contributed by atoms with E-state index in [1.807, 2.05) is 0 Å². The quantitative estimate of drug-likeness (QED) is 0.776. The lowest BCUT2D eigenvalue weighted by Gasteiger charge is -2.21. The molecule has 1 aromatic carbocycles. The fourth-order valence-electron chi connectivity index (χ4n) is 1.37. The molecule has 8 heteroatoms. The Labute approximate surface area is 111 Å². The van der Waals surface area contributed by atoms with E-state index >= 15 is 0 Å².